The highest BCUT2D eigenvalue weighted by molar-refractivity contribution is 9.10. The molecule has 0 bridgehead atoms. The number of para-hydroxylation sites is 1. The van der Waals surface area contributed by atoms with Gasteiger partial charge in [-0.25, -0.2) is 4.79 Å². The summed E-state index contributed by atoms with van der Waals surface area (Å²) >= 11 is 3.41. The van der Waals surface area contributed by atoms with Gasteiger partial charge in [-0.2, -0.15) is 0 Å². The lowest BCUT2D eigenvalue weighted by molar-refractivity contribution is 0.112. The van der Waals surface area contributed by atoms with Gasteiger partial charge in [-0.05, 0) is 27.6 Å². The average Bonchev–Trinajstić information content (AvgIpc) is 2.94. The Morgan fingerprint density at radius 1 is 1.14 bits per heavy atom. The van der Waals surface area contributed by atoms with Crippen molar-refractivity contribution in [3.05, 3.63) is 70.3 Å². The second-order valence-electron chi connectivity index (χ2n) is 4.75. The third kappa shape index (κ3) is 2.67. The van der Waals surface area contributed by atoms with E-state index in [-0.39, 0.29) is 6.61 Å². The minimum atomic E-state index is -0.520. The molecule has 0 aliphatic carbocycles. The topological polar surface area (TPSA) is 48.3 Å². The number of aromatic nitrogens is 1. The van der Waals surface area contributed by atoms with E-state index >= 15 is 0 Å². The second kappa shape index (κ2) is 6.15. The monoisotopic (exact) mass is 357 g/mol. The van der Waals surface area contributed by atoms with E-state index in [1.165, 1.54) is 10.8 Å². The highest BCUT2D eigenvalue weighted by Crippen LogP contribution is 2.28. The number of fused-ring (bicyclic) bond motifs is 1. The highest BCUT2D eigenvalue weighted by Gasteiger charge is 2.16. The lowest BCUT2D eigenvalue weighted by Crippen LogP contribution is -2.12. The van der Waals surface area contributed by atoms with Crippen LogP contribution in [0, 0.1) is 0 Å². The van der Waals surface area contributed by atoms with Crippen molar-refractivity contribution < 1.29 is 14.3 Å². The first-order valence-electron chi connectivity index (χ1n) is 6.66. The molecule has 3 rings (SSSR count). The Kier molecular flexibility index (Phi) is 4.06. The molecule has 0 saturated heterocycles. The first-order chi connectivity index (χ1) is 10.7. The number of carbonyl (C=O) groups excluding carboxylic acids is 2. The molecule has 0 saturated carbocycles. The fourth-order valence-electron chi connectivity index (χ4n) is 2.29. The van der Waals surface area contributed by atoms with Crippen LogP contribution in [-0.2, 0) is 11.3 Å². The van der Waals surface area contributed by atoms with Gasteiger partial charge in [0.25, 0.3) is 0 Å². The van der Waals surface area contributed by atoms with Gasteiger partial charge in [0.1, 0.15) is 6.61 Å². The number of benzene rings is 2. The van der Waals surface area contributed by atoms with Crippen molar-refractivity contribution >= 4 is 39.2 Å². The van der Waals surface area contributed by atoms with Crippen molar-refractivity contribution in [1.29, 1.82) is 0 Å². The summed E-state index contributed by atoms with van der Waals surface area (Å²) < 4.78 is 7.41. The molecule has 1 heterocycles. The lowest BCUT2D eigenvalue weighted by Gasteiger charge is -2.07. The predicted octanol–water partition coefficient (Wildman–Crippen LogP) is 4.40. The maximum atomic E-state index is 12.3. The van der Waals surface area contributed by atoms with Crippen LogP contribution in [0.4, 0.5) is 4.79 Å². The Hall–Kier alpha value is -2.40. The Morgan fingerprint density at radius 2 is 1.91 bits per heavy atom. The first kappa shape index (κ1) is 14.5. The zero-order valence-electron chi connectivity index (χ0n) is 11.5. The zero-order chi connectivity index (χ0) is 15.5. The van der Waals surface area contributed by atoms with Crippen LogP contribution in [0.1, 0.15) is 15.9 Å². The summed E-state index contributed by atoms with van der Waals surface area (Å²) in [4.78, 5) is 23.5. The Labute approximate surface area is 135 Å². The first-order valence-corrected chi connectivity index (χ1v) is 7.46. The van der Waals surface area contributed by atoms with Crippen LogP contribution >= 0.6 is 15.9 Å². The summed E-state index contributed by atoms with van der Waals surface area (Å²) in [7, 11) is 0. The average molecular weight is 358 g/mol. The third-order valence-electron chi connectivity index (χ3n) is 3.34. The van der Waals surface area contributed by atoms with Gasteiger partial charge in [-0.15, -0.1) is 0 Å². The third-order valence-corrected chi connectivity index (χ3v) is 3.98. The van der Waals surface area contributed by atoms with Gasteiger partial charge >= 0.3 is 6.09 Å². The van der Waals surface area contributed by atoms with Crippen LogP contribution in [-0.4, -0.2) is 16.9 Å². The summed E-state index contributed by atoms with van der Waals surface area (Å²) in [5, 5.41) is 0.709. The molecule has 0 aliphatic rings. The molecule has 0 atom stereocenters. The molecule has 5 heteroatoms. The van der Waals surface area contributed by atoms with Gasteiger partial charge in [-0.1, -0.05) is 42.5 Å². The summed E-state index contributed by atoms with van der Waals surface area (Å²) in [5.41, 5.74) is 1.98. The maximum Gasteiger partial charge on any atom is 0.418 e. The molecule has 1 aromatic heterocycles. The molecule has 0 amide bonds. The van der Waals surface area contributed by atoms with Crippen molar-refractivity contribution in [3.8, 4) is 0 Å². The molecule has 22 heavy (non-hydrogen) atoms. The molecule has 110 valence electrons. The van der Waals surface area contributed by atoms with Crippen LogP contribution in [0.5, 0.6) is 0 Å². The molecule has 0 spiro atoms. The van der Waals surface area contributed by atoms with Crippen LogP contribution < -0.4 is 0 Å². The van der Waals surface area contributed by atoms with Crippen molar-refractivity contribution in [3.63, 3.8) is 0 Å². The van der Waals surface area contributed by atoms with Crippen LogP contribution in [0.2, 0.25) is 0 Å². The van der Waals surface area contributed by atoms with Gasteiger partial charge in [0.15, 0.2) is 6.29 Å². The van der Waals surface area contributed by atoms with E-state index in [9.17, 15) is 9.59 Å². The minimum Gasteiger partial charge on any atom is -0.444 e. The fraction of sp³-hybridized carbons (Fsp3) is 0.0588. The molecule has 0 N–H and O–H groups in total. The van der Waals surface area contributed by atoms with E-state index in [2.05, 4.69) is 15.9 Å². The smallest absolute Gasteiger partial charge is 0.418 e. The Bertz CT molecular complexity index is 840. The van der Waals surface area contributed by atoms with Gasteiger partial charge in [0.2, 0.25) is 0 Å². The largest absolute Gasteiger partial charge is 0.444 e. The fourth-order valence-corrected chi connectivity index (χ4v) is 2.85. The molecule has 4 nitrogen and oxygen atoms in total. The molecule has 2 aromatic carbocycles. The second-order valence-corrected chi connectivity index (χ2v) is 5.60. The number of carbonyl (C=O) groups is 2. The van der Waals surface area contributed by atoms with E-state index in [1.54, 1.807) is 6.07 Å². The van der Waals surface area contributed by atoms with Crippen LogP contribution in [0.3, 0.4) is 0 Å². The van der Waals surface area contributed by atoms with E-state index in [0.29, 0.717) is 16.5 Å². The van der Waals surface area contributed by atoms with E-state index < -0.39 is 6.09 Å². The summed E-state index contributed by atoms with van der Waals surface area (Å²) in [6, 6.07) is 14.9. The number of nitrogens with zero attached hydrogens (tertiary/aromatic N) is 1. The van der Waals surface area contributed by atoms with Gasteiger partial charge in [0, 0.05) is 21.6 Å². The molecule has 3 aromatic rings. The maximum absolute atomic E-state index is 12.3. The van der Waals surface area contributed by atoms with Gasteiger partial charge < -0.3 is 4.74 Å². The predicted molar refractivity (Wildman–Crippen MR) is 87.1 cm³/mol. The van der Waals surface area contributed by atoms with Gasteiger partial charge in [0.05, 0.1) is 5.52 Å². The molecule has 0 radical (unpaired) electrons. The summed E-state index contributed by atoms with van der Waals surface area (Å²) in [6.07, 6.45) is 1.71. The van der Waals surface area contributed by atoms with E-state index in [0.717, 1.165) is 16.3 Å². The molecular formula is C17H12BrNO3. The van der Waals surface area contributed by atoms with Gasteiger partial charge in [-0.3, -0.25) is 9.36 Å². The number of hydrogen-bond donors (Lipinski definition) is 0. The lowest BCUT2D eigenvalue weighted by atomic mass is 10.2. The summed E-state index contributed by atoms with van der Waals surface area (Å²) in [6.45, 7) is 0.181. The van der Waals surface area contributed by atoms with E-state index in [1.807, 2.05) is 42.5 Å². The normalized spacial score (nSPS) is 10.6. The van der Waals surface area contributed by atoms with Crippen LogP contribution in [0.25, 0.3) is 10.9 Å². The quantitative estimate of drug-likeness (QED) is 0.652. The Morgan fingerprint density at radius 3 is 2.64 bits per heavy atom. The SMILES string of the molecule is O=Cc1cn(C(=O)OCc2ccccc2)c2c(Br)cccc12. The van der Waals surface area contributed by atoms with Crippen molar-refractivity contribution in [2.75, 3.05) is 0 Å². The minimum absolute atomic E-state index is 0.181. The highest BCUT2D eigenvalue weighted by atomic mass is 79.9. The molecule has 0 aliphatic heterocycles. The van der Waals surface area contributed by atoms with E-state index in [4.69, 9.17) is 4.74 Å². The number of aldehydes is 1. The molecule has 0 fully saturated rings. The number of halogens is 1. The van der Waals surface area contributed by atoms with Crippen molar-refractivity contribution in [2.45, 2.75) is 6.61 Å². The number of rotatable bonds is 3. The van der Waals surface area contributed by atoms with Crippen molar-refractivity contribution in [2.24, 2.45) is 0 Å². The molecular weight excluding hydrogens is 346 g/mol. The zero-order valence-corrected chi connectivity index (χ0v) is 13.1. The number of hydrogen-bond acceptors (Lipinski definition) is 3. The van der Waals surface area contributed by atoms with Crippen molar-refractivity contribution in [1.82, 2.24) is 4.57 Å². The number of ether oxygens (including phenoxy) is 1. The Balaban J connectivity index is 1.92. The summed E-state index contributed by atoms with van der Waals surface area (Å²) in [5.74, 6) is 0. The van der Waals surface area contributed by atoms with Crippen LogP contribution in [0.15, 0.2) is 59.2 Å². The standard InChI is InChI=1S/C17H12BrNO3/c18-15-8-4-7-14-13(10-20)9-19(16(14)15)17(21)22-11-12-5-2-1-3-6-12/h1-10H,11H2. The molecule has 0 unspecified atom stereocenters.